The van der Waals surface area contributed by atoms with Gasteiger partial charge in [0.1, 0.15) is 6.29 Å². The minimum absolute atomic E-state index is 0.157. The highest BCUT2D eigenvalue weighted by Gasteiger charge is 1.98. The van der Waals surface area contributed by atoms with E-state index in [-0.39, 0.29) is 5.92 Å². The summed E-state index contributed by atoms with van der Waals surface area (Å²) in [4.78, 5) is 10.3. The molecule has 0 aromatic heterocycles. The van der Waals surface area contributed by atoms with E-state index in [1.54, 1.807) is 0 Å². The van der Waals surface area contributed by atoms with Crippen molar-refractivity contribution >= 4 is 6.29 Å². The van der Waals surface area contributed by atoms with Crippen LogP contribution in [0.25, 0.3) is 0 Å². The van der Waals surface area contributed by atoms with Crippen molar-refractivity contribution in [3.05, 3.63) is 12.2 Å². The van der Waals surface area contributed by atoms with E-state index in [0.717, 1.165) is 25.5 Å². The molecule has 1 unspecified atom stereocenters. The van der Waals surface area contributed by atoms with Crippen LogP contribution >= 0.6 is 0 Å². The van der Waals surface area contributed by atoms with Gasteiger partial charge >= 0.3 is 0 Å². The zero-order chi connectivity index (χ0) is 7.82. The van der Waals surface area contributed by atoms with Gasteiger partial charge in [0.2, 0.25) is 0 Å². The zero-order valence-electron chi connectivity index (χ0n) is 6.84. The van der Waals surface area contributed by atoms with E-state index in [1.165, 1.54) is 0 Å². The van der Waals surface area contributed by atoms with Crippen molar-refractivity contribution in [1.29, 1.82) is 0 Å². The van der Waals surface area contributed by atoms with E-state index in [9.17, 15) is 4.79 Å². The molecule has 0 aromatic rings. The Bertz CT molecular complexity index is 105. The lowest BCUT2D eigenvalue weighted by molar-refractivity contribution is -0.110. The highest BCUT2D eigenvalue weighted by atomic mass is 16.1. The molecule has 0 saturated carbocycles. The van der Waals surface area contributed by atoms with Crippen molar-refractivity contribution in [3.8, 4) is 0 Å². The van der Waals surface area contributed by atoms with Crippen LogP contribution in [0.15, 0.2) is 12.2 Å². The Kier molecular flexibility index (Phi) is 6.14. The molecule has 0 rings (SSSR count). The van der Waals surface area contributed by atoms with Crippen molar-refractivity contribution < 1.29 is 4.79 Å². The predicted molar refractivity (Wildman–Crippen MR) is 43.9 cm³/mol. The lowest BCUT2D eigenvalue weighted by Crippen LogP contribution is -1.95. The van der Waals surface area contributed by atoms with Gasteiger partial charge in [0.25, 0.3) is 0 Å². The van der Waals surface area contributed by atoms with Gasteiger partial charge in [0, 0.05) is 5.92 Å². The highest BCUT2D eigenvalue weighted by molar-refractivity contribution is 5.56. The average molecular weight is 140 g/mol. The van der Waals surface area contributed by atoms with E-state index in [2.05, 4.69) is 19.9 Å². The third-order valence-corrected chi connectivity index (χ3v) is 1.42. The van der Waals surface area contributed by atoms with Gasteiger partial charge in [0.05, 0.1) is 0 Å². The summed E-state index contributed by atoms with van der Waals surface area (Å²) in [6, 6.07) is 0. The third kappa shape index (κ3) is 4.30. The average Bonchev–Trinajstić information content (AvgIpc) is 1.98. The fraction of sp³-hybridized carbons (Fsp3) is 0.667. The van der Waals surface area contributed by atoms with E-state index in [0.29, 0.717) is 0 Å². The molecule has 0 radical (unpaired) electrons. The molecule has 10 heavy (non-hydrogen) atoms. The fourth-order valence-electron chi connectivity index (χ4n) is 0.854. The molecular formula is C9H16O. The molecule has 0 spiro atoms. The van der Waals surface area contributed by atoms with Gasteiger partial charge in [-0.25, -0.2) is 0 Å². The summed E-state index contributed by atoms with van der Waals surface area (Å²) in [5.74, 6) is 0.157. The Labute approximate surface area is 63.1 Å². The summed E-state index contributed by atoms with van der Waals surface area (Å²) >= 11 is 0. The van der Waals surface area contributed by atoms with E-state index in [1.807, 2.05) is 6.08 Å². The number of rotatable bonds is 5. The third-order valence-electron chi connectivity index (χ3n) is 1.42. The van der Waals surface area contributed by atoms with Crippen LogP contribution in [0, 0.1) is 5.92 Å². The summed E-state index contributed by atoms with van der Waals surface area (Å²) < 4.78 is 0. The first-order chi connectivity index (χ1) is 4.85. The van der Waals surface area contributed by atoms with Gasteiger partial charge in [-0.2, -0.15) is 0 Å². The monoisotopic (exact) mass is 140 g/mol. The van der Waals surface area contributed by atoms with E-state index >= 15 is 0 Å². The highest BCUT2D eigenvalue weighted by Crippen LogP contribution is 2.04. The topological polar surface area (TPSA) is 17.1 Å². The van der Waals surface area contributed by atoms with Crippen LogP contribution in [0.4, 0.5) is 0 Å². The fourth-order valence-corrected chi connectivity index (χ4v) is 0.854. The predicted octanol–water partition coefficient (Wildman–Crippen LogP) is 2.57. The second-order valence-corrected chi connectivity index (χ2v) is 2.43. The van der Waals surface area contributed by atoms with Gasteiger partial charge < -0.3 is 4.79 Å². The SMILES string of the molecule is CC/C=C\C(C=O)CCC. The molecule has 0 aliphatic rings. The molecule has 0 aromatic carbocycles. The second-order valence-electron chi connectivity index (χ2n) is 2.43. The molecule has 0 N–H and O–H groups in total. The maximum absolute atomic E-state index is 10.3. The second kappa shape index (κ2) is 6.53. The summed E-state index contributed by atoms with van der Waals surface area (Å²) in [5.41, 5.74) is 0. The van der Waals surface area contributed by atoms with Crippen LogP contribution in [0.5, 0.6) is 0 Å². The summed E-state index contributed by atoms with van der Waals surface area (Å²) in [6.07, 6.45) is 8.16. The van der Waals surface area contributed by atoms with E-state index in [4.69, 9.17) is 0 Å². The van der Waals surface area contributed by atoms with Gasteiger partial charge in [-0.1, -0.05) is 32.4 Å². The molecule has 1 atom stereocenters. The molecular weight excluding hydrogens is 124 g/mol. The first kappa shape index (κ1) is 9.41. The molecule has 0 aliphatic carbocycles. The van der Waals surface area contributed by atoms with Gasteiger partial charge in [0.15, 0.2) is 0 Å². The van der Waals surface area contributed by atoms with Gasteiger partial charge in [-0.3, -0.25) is 0 Å². The van der Waals surface area contributed by atoms with Crippen molar-refractivity contribution in [1.82, 2.24) is 0 Å². The number of carbonyl (C=O) groups excluding carboxylic acids is 1. The largest absolute Gasteiger partial charge is 0.303 e. The van der Waals surface area contributed by atoms with Crippen molar-refractivity contribution in [2.75, 3.05) is 0 Å². The van der Waals surface area contributed by atoms with Crippen LogP contribution < -0.4 is 0 Å². The zero-order valence-corrected chi connectivity index (χ0v) is 6.84. The van der Waals surface area contributed by atoms with Crippen molar-refractivity contribution in [3.63, 3.8) is 0 Å². The van der Waals surface area contributed by atoms with Crippen molar-refractivity contribution in [2.24, 2.45) is 5.92 Å². The Balaban J connectivity index is 3.59. The Morgan fingerprint density at radius 3 is 2.50 bits per heavy atom. The Hall–Kier alpha value is -0.590. The van der Waals surface area contributed by atoms with Gasteiger partial charge in [-0.15, -0.1) is 0 Å². The van der Waals surface area contributed by atoms with Crippen molar-refractivity contribution in [2.45, 2.75) is 33.1 Å². The molecule has 0 heterocycles. The first-order valence-corrected chi connectivity index (χ1v) is 3.97. The normalized spacial score (nSPS) is 13.8. The minimum atomic E-state index is 0.157. The first-order valence-electron chi connectivity index (χ1n) is 3.97. The van der Waals surface area contributed by atoms with Crippen LogP contribution in [0.1, 0.15) is 33.1 Å². The Morgan fingerprint density at radius 2 is 2.10 bits per heavy atom. The van der Waals surface area contributed by atoms with Crippen LogP contribution in [-0.2, 0) is 4.79 Å². The molecule has 0 bridgehead atoms. The van der Waals surface area contributed by atoms with Gasteiger partial charge in [-0.05, 0) is 12.8 Å². The number of allylic oxidation sites excluding steroid dienone is 2. The summed E-state index contributed by atoms with van der Waals surface area (Å²) in [6.45, 7) is 4.17. The number of aldehydes is 1. The molecule has 58 valence electrons. The van der Waals surface area contributed by atoms with E-state index < -0.39 is 0 Å². The number of hydrogen-bond donors (Lipinski definition) is 0. The maximum Gasteiger partial charge on any atom is 0.126 e. The smallest absolute Gasteiger partial charge is 0.126 e. The quantitative estimate of drug-likeness (QED) is 0.423. The minimum Gasteiger partial charge on any atom is -0.303 e. The van der Waals surface area contributed by atoms with Crippen LogP contribution in [0.3, 0.4) is 0 Å². The van der Waals surface area contributed by atoms with Crippen LogP contribution in [-0.4, -0.2) is 6.29 Å². The number of hydrogen-bond acceptors (Lipinski definition) is 1. The Morgan fingerprint density at radius 1 is 1.40 bits per heavy atom. The summed E-state index contributed by atoms with van der Waals surface area (Å²) in [7, 11) is 0. The molecule has 1 heteroatoms. The lowest BCUT2D eigenvalue weighted by atomic mass is 10.1. The van der Waals surface area contributed by atoms with Crippen LogP contribution in [0.2, 0.25) is 0 Å². The molecule has 0 aliphatic heterocycles. The molecule has 0 saturated heterocycles. The molecule has 1 nitrogen and oxygen atoms in total. The number of carbonyl (C=O) groups is 1. The lowest BCUT2D eigenvalue weighted by Gasteiger charge is -1.99. The maximum atomic E-state index is 10.3. The molecule has 0 amide bonds. The summed E-state index contributed by atoms with van der Waals surface area (Å²) in [5, 5.41) is 0. The molecule has 0 fully saturated rings. The standard InChI is InChI=1S/C9H16O/c1-3-5-7-9(8-10)6-4-2/h5,7-9H,3-4,6H2,1-2H3/b7-5-.